The molecule has 1 unspecified atom stereocenters. The van der Waals surface area contributed by atoms with Gasteiger partial charge in [0, 0.05) is 39.1 Å². The summed E-state index contributed by atoms with van der Waals surface area (Å²) in [5.41, 5.74) is 3.02. The molecular weight excluding hydrogens is 372 g/mol. The van der Waals surface area contributed by atoms with Crippen molar-refractivity contribution in [1.29, 1.82) is 0 Å². The minimum absolute atomic E-state index is 0.120. The zero-order valence-corrected chi connectivity index (χ0v) is 17.2. The van der Waals surface area contributed by atoms with Gasteiger partial charge < -0.3 is 10.2 Å². The Bertz CT molecular complexity index is 978. The van der Waals surface area contributed by atoms with Crippen molar-refractivity contribution < 1.29 is 4.79 Å². The molecule has 0 saturated carbocycles. The van der Waals surface area contributed by atoms with Gasteiger partial charge in [-0.2, -0.15) is 0 Å². The molecule has 0 spiro atoms. The summed E-state index contributed by atoms with van der Waals surface area (Å²) in [7, 11) is 0. The molecule has 1 amide bonds. The maximum atomic E-state index is 11.1. The van der Waals surface area contributed by atoms with Crippen LogP contribution in [0.25, 0.3) is 10.2 Å². The molecule has 146 valence electrons. The number of aryl methyl sites for hydroxylation is 1. The first-order valence-corrected chi connectivity index (χ1v) is 10.3. The van der Waals surface area contributed by atoms with Crippen LogP contribution in [0.3, 0.4) is 0 Å². The lowest BCUT2D eigenvalue weighted by Crippen LogP contribution is -2.47. The van der Waals surface area contributed by atoms with E-state index in [1.807, 2.05) is 0 Å². The number of aromatic nitrogens is 3. The highest BCUT2D eigenvalue weighted by atomic mass is 32.1. The summed E-state index contributed by atoms with van der Waals surface area (Å²) in [4.78, 5) is 29.2. The maximum absolute atomic E-state index is 11.1. The van der Waals surface area contributed by atoms with Crippen LogP contribution >= 0.6 is 11.3 Å². The van der Waals surface area contributed by atoms with Crippen molar-refractivity contribution in [3.63, 3.8) is 0 Å². The minimum Gasteiger partial charge on any atom is -0.338 e. The standard InChI is InChI=1S/C20H24N6OS/c1-13(16-4-5-19-18(10-16)24-15(3)28-19)25-6-8-26(9-7-25)20-21-11-17(12-22-20)23-14(2)27/h4-5,10-13H,6-9H2,1-3H3,(H,23,27). The van der Waals surface area contributed by atoms with Crippen molar-refractivity contribution in [3.8, 4) is 0 Å². The number of fused-ring (bicyclic) bond motifs is 1. The zero-order valence-electron chi connectivity index (χ0n) is 16.3. The highest BCUT2D eigenvalue weighted by molar-refractivity contribution is 7.18. The molecule has 28 heavy (non-hydrogen) atoms. The van der Waals surface area contributed by atoms with Crippen LogP contribution in [-0.4, -0.2) is 51.9 Å². The molecule has 2 aromatic heterocycles. The predicted octanol–water partition coefficient (Wildman–Crippen LogP) is 3.24. The normalized spacial score (nSPS) is 16.3. The van der Waals surface area contributed by atoms with Crippen LogP contribution < -0.4 is 10.2 Å². The van der Waals surface area contributed by atoms with E-state index in [1.165, 1.54) is 17.2 Å². The van der Waals surface area contributed by atoms with Gasteiger partial charge in [0.2, 0.25) is 11.9 Å². The number of anilines is 2. The van der Waals surface area contributed by atoms with Crippen LogP contribution in [0.4, 0.5) is 11.6 Å². The van der Waals surface area contributed by atoms with Crippen molar-refractivity contribution in [2.24, 2.45) is 0 Å². The molecule has 1 atom stereocenters. The van der Waals surface area contributed by atoms with E-state index in [0.29, 0.717) is 17.7 Å². The quantitative estimate of drug-likeness (QED) is 0.730. The van der Waals surface area contributed by atoms with Crippen LogP contribution in [0.15, 0.2) is 30.6 Å². The molecule has 0 aliphatic carbocycles. The molecule has 7 nitrogen and oxygen atoms in total. The first-order chi connectivity index (χ1) is 13.5. The zero-order chi connectivity index (χ0) is 19.7. The Morgan fingerprint density at radius 2 is 1.89 bits per heavy atom. The number of rotatable bonds is 4. The van der Waals surface area contributed by atoms with Gasteiger partial charge in [-0.25, -0.2) is 15.0 Å². The fraction of sp³-hybridized carbons (Fsp3) is 0.400. The molecule has 1 fully saturated rings. The summed E-state index contributed by atoms with van der Waals surface area (Å²) in [6.07, 6.45) is 3.31. The molecular formula is C20H24N6OS. The lowest BCUT2D eigenvalue weighted by atomic mass is 10.1. The average molecular weight is 397 g/mol. The summed E-state index contributed by atoms with van der Waals surface area (Å²) in [6.45, 7) is 9.44. The molecule has 0 bridgehead atoms. The second-order valence-electron chi connectivity index (χ2n) is 7.11. The fourth-order valence-electron chi connectivity index (χ4n) is 3.59. The van der Waals surface area contributed by atoms with Gasteiger partial charge in [0.05, 0.1) is 33.3 Å². The fourth-order valence-corrected chi connectivity index (χ4v) is 4.40. The van der Waals surface area contributed by atoms with E-state index >= 15 is 0 Å². The summed E-state index contributed by atoms with van der Waals surface area (Å²) >= 11 is 1.74. The van der Waals surface area contributed by atoms with Crippen LogP contribution in [0.5, 0.6) is 0 Å². The van der Waals surface area contributed by atoms with E-state index in [1.54, 1.807) is 23.7 Å². The van der Waals surface area contributed by atoms with E-state index in [-0.39, 0.29) is 5.91 Å². The van der Waals surface area contributed by atoms with Crippen molar-refractivity contribution >= 4 is 39.1 Å². The second kappa shape index (κ2) is 7.81. The number of carbonyl (C=O) groups is 1. The monoisotopic (exact) mass is 396 g/mol. The number of carbonyl (C=O) groups excluding carboxylic acids is 1. The Labute approximate surface area is 168 Å². The topological polar surface area (TPSA) is 74.2 Å². The van der Waals surface area contributed by atoms with E-state index in [9.17, 15) is 4.79 Å². The van der Waals surface area contributed by atoms with E-state index in [4.69, 9.17) is 0 Å². The number of nitrogens with zero attached hydrogens (tertiary/aromatic N) is 5. The third-order valence-electron chi connectivity index (χ3n) is 5.10. The molecule has 1 aliphatic heterocycles. The van der Waals surface area contributed by atoms with Crippen LogP contribution in [-0.2, 0) is 4.79 Å². The van der Waals surface area contributed by atoms with Crippen molar-refractivity contribution in [2.45, 2.75) is 26.8 Å². The van der Waals surface area contributed by atoms with E-state index in [0.717, 1.165) is 36.7 Å². The first-order valence-electron chi connectivity index (χ1n) is 9.45. The van der Waals surface area contributed by atoms with Crippen molar-refractivity contribution in [2.75, 3.05) is 36.4 Å². The highest BCUT2D eigenvalue weighted by Crippen LogP contribution is 2.28. The highest BCUT2D eigenvalue weighted by Gasteiger charge is 2.23. The first kappa shape index (κ1) is 18.8. The number of thiazole rings is 1. The maximum Gasteiger partial charge on any atom is 0.225 e. The Balaban J connectivity index is 1.39. The van der Waals surface area contributed by atoms with Gasteiger partial charge in [-0.3, -0.25) is 9.69 Å². The third kappa shape index (κ3) is 3.98. The number of amides is 1. The molecule has 1 saturated heterocycles. The SMILES string of the molecule is CC(=O)Nc1cnc(N2CCN(C(C)c3ccc4sc(C)nc4c3)CC2)nc1. The summed E-state index contributed by atoms with van der Waals surface area (Å²) < 4.78 is 1.25. The second-order valence-corrected chi connectivity index (χ2v) is 8.35. The number of nitrogens with one attached hydrogen (secondary N) is 1. The molecule has 4 rings (SSSR count). The Kier molecular flexibility index (Phi) is 5.23. The minimum atomic E-state index is -0.120. The Morgan fingerprint density at radius 3 is 2.57 bits per heavy atom. The average Bonchev–Trinajstić information content (AvgIpc) is 3.07. The molecule has 1 aliphatic rings. The predicted molar refractivity (Wildman–Crippen MR) is 113 cm³/mol. The van der Waals surface area contributed by atoms with Gasteiger partial charge in [-0.05, 0) is 31.5 Å². The van der Waals surface area contributed by atoms with Crippen LogP contribution in [0, 0.1) is 6.92 Å². The van der Waals surface area contributed by atoms with Gasteiger partial charge in [0.1, 0.15) is 0 Å². The number of benzene rings is 1. The molecule has 0 radical (unpaired) electrons. The largest absolute Gasteiger partial charge is 0.338 e. The van der Waals surface area contributed by atoms with Crippen molar-refractivity contribution in [1.82, 2.24) is 19.9 Å². The lowest BCUT2D eigenvalue weighted by Gasteiger charge is -2.38. The van der Waals surface area contributed by atoms with E-state index in [2.05, 4.69) is 62.1 Å². The molecule has 8 heteroatoms. The van der Waals surface area contributed by atoms with Gasteiger partial charge in [-0.1, -0.05) is 6.07 Å². The van der Waals surface area contributed by atoms with Crippen LogP contribution in [0.1, 0.15) is 30.5 Å². The molecule has 3 heterocycles. The third-order valence-corrected chi connectivity index (χ3v) is 6.06. The van der Waals surface area contributed by atoms with Gasteiger partial charge >= 0.3 is 0 Å². The van der Waals surface area contributed by atoms with Crippen molar-refractivity contribution in [3.05, 3.63) is 41.2 Å². The van der Waals surface area contributed by atoms with Gasteiger partial charge in [0.15, 0.2) is 0 Å². The Morgan fingerprint density at radius 1 is 1.18 bits per heavy atom. The number of piperazine rings is 1. The summed E-state index contributed by atoms with van der Waals surface area (Å²) in [5, 5.41) is 3.80. The van der Waals surface area contributed by atoms with Gasteiger partial charge in [0.25, 0.3) is 0 Å². The lowest BCUT2D eigenvalue weighted by molar-refractivity contribution is -0.114. The molecule has 3 aromatic rings. The van der Waals surface area contributed by atoms with Crippen LogP contribution in [0.2, 0.25) is 0 Å². The summed E-state index contributed by atoms with van der Waals surface area (Å²) in [5.74, 6) is 0.589. The van der Waals surface area contributed by atoms with E-state index < -0.39 is 0 Å². The molecule has 1 aromatic carbocycles. The number of hydrogen-bond donors (Lipinski definition) is 1. The molecule has 1 N–H and O–H groups in total. The smallest absolute Gasteiger partial charge is 0.225 e. The number of hydrogen-bond acceptors (Lipinski definition) is 7. The Hall–Kier alpha value is -2.58. The summed E-state index contributed by atoms with van der Waals surface area (Å²) in [6, 6.07) is 6.98. The van der Waals surface area contributed by atoms with Gasteiger partial charge in [-0.15, -0.1) is 11.3 Å².